The smallest absolute Gasteiger partial charge is 0.174 e. The fraction of sp³-hybridized carbons (Fsp3) is 0.154. The van der Waals surface area contributed by atoms with Crippen LogP contribution in [0.25, 0.3) is 5.69 Å². The first-order valence-corrected chi connectivity index (χ1v) is 10.9. The van der Waals surface area contributed by atoms with Gasteiger partial charge < -0.3 is 14.8 Å². The largest absolute Gasteiger partial charge is 0.351 e. The van der Waals surface area contributed by atoms with Crippen molar-refractivity contribution in [2.45, 2.75) is 25.9 Å². The third-order valence-electron chi connectivity index (χ3n) is 6.05. The molecular weight excluding hydrogens is 419 g/mol. The number of aryl methyl sites for hydroxylation is 2. The minimum Gasteiger partial charge on any atom is -0.351 e. The van der Waals surface area contributed by atoms with Crippen molar-refractivity contribution in [3.8, 4) is 5.69 Å². The zero-order valence-corrected chi connectivity index (χ0v) is 18.7. The van der Waals surface area contributed by atoms with Gasteiger partial charge in [0.05, 0.1) is 11.7 Å². The molecule has 6 heteroatoms. The molecular formula is C26H23FN4S. The molecule has 0 radical (unpaired) electrons. The third-order valence-corrected chi connectivity index (χ3v) is 6.37. The Labute approximate surface area is 192 Å². The van der Waals surface area contributed by atoms with E-state index in [4.69, 9.17) is 12.2 Å². The maximum absolute atomic E-state index is 13.6. The lowest BCUT2D eigenvalue weighted by molar-refractivity contribution is 0.549. The van der Waals surface area contributed by atoms with Crippen molar-refractivity contribution in [3.63, 3.8) is 0 Å². The topological polar surface area (TPSA) is 33.1 Å². The Morgan fingerprint density at radius 2 is 1.69 bits per heavy atom. The lowest BCUT2D eigenvalue weighted by atomic mass is 10.00. The van der Waals surface area contributed by atoms with Crippen molar-refractivity contribution in [1.82, 2.24) is 14.9 Å². The molecule has 3 heterocycles. The summed E-state index contributed by atoms with van der Waals surface area (Å²) in [6.07, 6.45) is 3.80. The molecule has 32 heavy (non-hydrogen) atoms. The predicted molar refractivity (Wildman–Crippen MR) is 130 cm³/mol. The molecule has 2 aromatic carbocycles. The first kappa shape index (κ1) is 20.4. The van der Waals surface area contributed by atoms with E-state index in [1.165, 1.54) is 23.3 Å². The van der Waals surface area contributed by atoms with Crippen molar-refractivity contribution in [2.24, 2.45) is 0 Å². The van der Waals surface area contributed by atoms with Gasteiger partial charge in [-0.25, -0.2) is 4.39 Å². The summed E-state index contributed by atoms with van der Waals surface area (Å²) >= 11 is 5.83. The molecule has 4 aromatic rings. The summed E-state index contributed by atoms with van der Waals surface area (Å²) in [4.78, 5) is 6.78. The molecule has 0 spiro atoms. The average Bonchev–Trinajstić information content (AvgIpc) is 3.41. The number of nitrogens with one attached hydrogen (secondary N) is 1. The molecule has 1 fully saturated rings. The standard InChI is InChI=1S/C26H23FN4S/c1-17-8-11-21(16-18(17)2)31-25(24(29-26(31)32)22-6-3-4-14-28-22)23-7-5-15-30(23)20-12-9-19(27)10-13-20/h3-16,24-25H,1-2H3,(H,29,32)/t24-,25-/m0/s1. The number of pyridine rings is 1. The van der Waals surface area contributed by atoms with Crippen LogP contribution in [0.1, 0.15) is 34.6 Å². The van der Waals surface area contributed by atoms with Crippen molar-refractivity contribution >= 4 is 23.0 Å². The van der Waals surface area contributed by atoms with Crippen molar-refractivity contribution in [1.29, 1.82) is 0 Å². The van der Waals surface area contributed by atoms with Crippen LogP contribution in [0, 0.1) is 19.7 Å². The summed E-state index contributed by atoms with van der Waals surface area (Å²) in [6, 6.07) is 22.7. The first-order valence-electron chi connectivity index (χ1n) is 10.5. The summed E-state index contributed by atoms with van der Waals surface area (Å²) in [7, 11) is 0. The van der Waals surface area contributed by atoms with Gasteiger partial charge in [0.2, 0.25) is 0 Å². The van der Waals surface area contributed by atoms with Crippen LogP contribution in [0.5, 0.6) is 0 Å². The molecule has 1 N–H and O–H groups in total. The Hall–Kier alpha value is -3.51. The number of benzene rings is 2. The molecule has 2 atom stereocenters. The van der Waals surface area contributed by atoms with Gasteiger partial charge in [0, 0.05) is 29.5 Å². The molecule has 4 nitrogen and oxygen atoms in total. The Morgan fingerprint density at radius 3 is 2.41 bits per heavy atom. The van der Waals surface area contributed by atoms with Gasteiger partial charge in [-0.05, 0) is 97.9 Å². The van der Waals surface area contributed by atoms with Crippen molar-refractivity contribution in [3.05, 3.63) is 114 Å². The van der Waals surface area contributed by atoms with Crippen LogP contribution in [0.4, 0.5) is 10.1 Å². The van der Waals surface area contributed by atoms with E-state index in [2.05, 4.69) is 57.9 Å². The highest BCUT2D eigenvalue weighted by molar-refractivity contribution is 7.80. The Bertz CT molecular complexity index is 1270. The van der Waals surface area contributed by atoms with E-state index in [0.29, 0.717) is 5.11 Å². The zero-order chi connectivity index (χ0) is 22.2. The minimum atomic E-state index is -0.255. The quantitative estimate of drug-likeness (QED) is 0.405. The number of hydrogen-bond donors (Lipinski definition) is 1. The van der Waals surface area contributed by atoms with E-state index in [1.807, 2.05) is 30.5 Å². The van der Waals surface area contributed by atoms with Gasteiger partial charge in [-0.1, -0.05) is 12.1 Å². The number of rotatable bonds is 4. The number of halogens is 1. The second kappa shape index (κ2) is 8.20. The van der Waals surface area contributed by atoms with Crippen LogP contribution in [0.2, 0.25) is 0 Å². The van der Waals surface area contributed by atoms with Gasteiger partial charge in [-0.15, -0.1) is 0 Å². The van der Waals surface area contributed by atoms with Crippen molar-refractivity contribution in [2.75, 3.05) is 4.90 Å². The zero-order valence-electron chi connectivity index (χ0n) is 17.9. The highest BCUT2D eigenvalue weighted by Gasteiger charge is 2.42. The Morgan fingerprint density at radius 1 is 0.906 bits per heavy atom. The summed E-state index contributed by atoms with van der Waals surface area (Å²) in [6.45, 7) is 4.21. The summed E-state index contributed by atoms with van der Waals surface area (Å²) < 4.78 is 15.7. The lowest BCUT2D eigenvalue weighted by Crippen LogP contribution is -2.30. The van der Waals surface area contributed by atoms with Gasteiger partial charge in [-0.2, -0.15) is 0 Å². The number of nitrogens with zero attached hydrogens (tertiary/aromatic N) is 3. The number of hydrogen-bond acceptors (Lipinski definition) is 2. The molecule has 2 aromatic heterocycles. The molecule has 1 aliphatic heterocycles. The van der Waals surface area contributed by atoms with Crippen LogP contribution in [0.15, 0.2) is 85.2 Å². The summed E-state index contributed by atoms with van der Waals surface area (Å²) in [5, 5.41) is 4.15. The highest BCUT2D eigenvalue weighted by Crippen LogP contribution is 2.42. The van der Waals surface area contributed by atoms with Crippen LogP contribution >= 0.6 is 12.2 Å². The number of thiocarbonyl (C=S) groups is 1. The van der Waals surface area contributed by atoms with Gasteiger partial charge in [0.25, 0.3) is 0 Å². The third kappa shape index (κ3) is 3.56. The first-order chi connectivity index (χ1) is 15.5. The molecule has 0 amide bonds. The van der Waals surface area contributed by atoms with Crippen molar-refractivity contribution < 1.29 is 4.39 Å². The SMILES string of the molecule is Cc1ccc(N2C(=S)N[C@@H](c3ccccn3)[C@@H]2c2cccn2-c2ccc(F)cc2)cc1C. The fourth-order valence-corrected chi connectivity index (χ4v) is 4.63. The van der Waals surface area contributed by atoms with Crippen LogP contribution in [0.3, 0.4) is 0 Å². The maximum Gasteiger partial charge on any atom is 0.174 e. The van der Waals surface area contributed by atoms with Crippen LogP contribution in [-0.2, 0) is 0 Å². The van der Waals surface area contributed by atoms with Gasteiger partial charge >= 0.3 is 0 Å². The predicted octanol–water partition coefficient (Wildman–Crippen LogP) is 5.81. The molecule has 0 bridgehead atoms. The second-order valence-corrected chi connectivity index (χ2v) is 8.43. The molecule has 0 aliphatic carbocycles. The van der Waals surface area contributed by atoms with E-state index in [-0.39, 0.29) is 17.9 Å². The number of aromatic nitrogens is 2. The highest BCUT2D eigenvalue weighted by atomic mass is 32.1. The summed E-state index contributed by atoms with van der Waals surface area (Å²) in [5.41, 5.74) is 6.32. The number of anilines is 1. The Balaban J connectivity index is 1.67. The van der Waals surface area contributed by atoms with E-state index < -0.39 is 0 Å². The van der Waals surface area contributed by atoms with Crippen LogP contribution < -0.4 is 10.2 Å². The minimum absolute atomic E-state index is 0.139. The molecule has 5 rings (SSSR count). The molecule has 1 aliphatic rings. The molecule has 160 valence electrons. The Kier molecular flexibility index (Phi) is 5.23. The second-order valence-electron chi connectivity index (χ2n) is 8.04. The fourth-order valence-electron chi connectivity index (χ4n) is 4.28. The van der Waals surface area contributed by atoms with E-state index in [1.54, 1.807) is 18.3 Å². The van der Waals surface area contributed by atoms with E-state index in [9.17, 15) is 4.39 Å². The van der Waals surface area contributed by atoms with E-state index >= 15 is 0 Å². The molecule has 0 saturated carbocycles. The van der Waals surface area contributed by atoms with Gasteiger partial charge in [0.1, 0.15) is 11.9 Å². The lowest BCUT2D eigenvalue weighted by Gasteiger charge is -2.29. The van der Waals surface area contributed by atoms with E-state index in [0.717, 1.165) is 22.8 Å². The normalized spacial score (nSPS) is 18.1. The van der Waals surface area contributed by atoms with Crippen LogP contribution in [-0.4, -0.2) is 14.7 Å². The average molecular weight is 443 g/mol. The molecule has 1 saturated heterocycles. The summed E-state index contributed by atoms with van der Waals surface area (Å²) in [5.74, 6) is -0.255. The monoisotopic (exact) mass is 442 g/mol. The molecule has 0 unspecified atom stereocenters. The van der Waals surface area contributed by atoms with Gasteiger partial charge in [0.15, 0.2) is 5.11 Å². The maximum atomic E-state index is 13.6. The van der Waals surface area contributed by atoms with Gasteiger partial charge in [-0.3, -0.25) is 4.98 Å².